The highest BCUT2D eigenvalue weighted by molar-refractivity contribution is 6.09. The molecule has 0 unspecified atom stereocenters. The molecule has 0 radical (unpaired) electrons. The molecule has 0 saturated heterocycles. The van der Waals surface area contributed by atoms with E-state index < -0.39 is 0 Å². The van der Waals surface area contributed by atoms with Crippen LogP contribution in [0.2, 0.25) is 6.32 Å². The first-order valence-corrected chi connectivity index (χ1v) is 3.03. The Morgan fingerprint density at radius 1 is 1.78 bits per heavy atom. The summed E-state index contributed by atoms with van der Waals surface area (Å²) in [6.45, 7) is 0. The molecule has 4 heteroatoms. The van der Waals surface area contributed by atoms with Crippen molar-refractivity contribution in [1.82, 2.24) is 5.06 Å². The number of carbonyl (C=O) groups is 1. The van der Waals surface area contributed by atoms with Crippen molar-refractivity contribution in [2.75, 3.05) is 14.2 Å². The Hall–Kier alpha value is -0.505. The lowest BCUT2D eigenvalue weighted by Gasteiger charge is -2.11. The summed E-state index contributed by atoms with van der Waals surface area (Å²) in [7, 11) is 5.05. The van der Waals surface area contributed by atoms with E-state index in [2.05, 4.69) is 4.84 Å². The molecule has 0 aromatic carbocycles. The summed E-state index contributed by atoms with van der Waals surface area (Å²) in [5.74, 6) is 0.0278. The van der Waals surface area contributed by atoms with Crippen LogP contribution in [-0.2, 0) is 9.63 Å². The fourth-order valence-electron chi connectivity index (χ4n) is 0.473. The quantitative estimate of drug-likeness (QED) is 0.377. The van der Waals surface area contributed by atoms with Crippen LogP contribution in [0.3, 0.4) is 0 Å². The Morgan fingerprint density at radius 3 is 2.67 bits per heavy atom. The van der Waals surface area contributed by atoms with Crippen LogP contribution in [0.5, 0.6) is 0 Å². The minimum absolute atomic E-state index is 0.0278. The Bertz CT molecular complexity index is 97.0. The van der Waals surface area contributed by atoms with Crippen molar-refractivity contribution in [1.29, 1.82) is 0 Å². The van der Waals surface area contributed by atoms with E-state index in [1.807, 2.05) is 7.85 Å². The van der Waals surface area contributed by atoms with Crippen LogP contribution in [0.4, 0.5) is 0 Å². The lowest BCUT2D eigenvalue weighted by Crippen LogP contribution is -2.24. The van der Waals surface area contributed by atoms with Crippen LogP contribution in [0, 0.1) is 0 Å². The van der Waals surface area contributed by atoms with Gasteiger partial charge in [0.1, 0.15) is 7.85 Å². The summed E-state index contributed by atoms with van der Waals surface area (Å²) in [5.41, 5.74) is 0. The zero-order valence-corrected chi connectivity index (χ0v) is 6.18. The third-order valence-corrected chi connectivity index (χ3v) is 1.09. The number of hydrogen-bond acceptors (Lipinski definition) is 2. The van der Waals surface area contributed by atoms with E-state index in [0.717, 1.165) is 6.32 Å². The highest BCUT2D eigenvalue weighted by atomic mass is 16.7. The zero-order valence-electron chi connectivity index (χ0n) is 6.18. The molecule has 0 aliphatic heterocycles. The van der Waals surface area contributed by atoms with Gasteiger partial charge in [-0.15, -0.1) is 0 Å². The predicted octanol–water partition coefficient (Wildman–Crippen LogP) is -0.552. The molecule has 1 amide bonds. The monoisotopic (exact) mass is 129 g/mol. The van der Waals surface area contributed by atoms with Crippen molar-refractivity contribution >= 4 is 13.8 Å². The summed E-state index contributed by atoms with van der Waals surface area (Å²) in [4.78, 5) is 15.4. The van der Waals surface area contributed by atoms with Crippen LogP contribution < -0.4 is 0 Å². The first-order valence-electron chi connectivity index (χ1n) is 3.03. The largest absolute Gasteiger partial charge is 0.275 e. The molecule has 9 heavy (non-hydrogen) atoms. The molecule has 0 fully saturated rings. The van der Waals surface area contributed by atoms with Crippen molar-refractivity contribution in [3.8, 4) is 0 Å². The van der Waals surface area contributed by atoms with Gasteiger partial charge >= 0.3 is 0 Å². The molecule has 0 aromatic rings. The molecule has 0 heterocycles. The second kappa shape index (κ2) is 4.38. The smallest absolute Gasteiger partial charge is 0.245 e. The molecule has 0 rings (SSSR count). The summed E-state index contributed by atoms with van der Waals surface area (Å²) in [5, 5.41) is 1.24. The van der Waals surface area contributed by atoms with Crippen LogP contribution in [0.25, 0.3) is 0 Å². The lowest BCUT2D eigenvalue weighted by atomic mass is 10.0. The Labute approximate surface area is 56.3 Å². The number of carbonyl (C=O) groups excluding carboxylic acids is 1. The van der Waals surface area contributed by atoms with E-state index in [9.17, 15) is 4.79 Å². The number of hydroxylamine groups is 2. The Balaban J connectivity index is 3.46. The highest BCUT2D eigenvalue weighted by Crippen LogP contribution is 1.91. The highest BCUT2D eigenvalue weighted by Gasteiger charge is 2.03. The molecule has 0 atom stereocenters. The van der Waals surface area contributed by atoms with Gasteiger partial charge < -0.3 is 0 Å². The van der Waals surface area contributed by atoms with Gasteiger partial charge in [-0.3, -0.25) is 9.63 Å². The standard InChI is InChI=1S/C5H12BNO2/c1-7(9-2)5(8)3-4-6/h3-4,6H2,1-2H3. The topological polar surface area (TPSA) is 29.5 Å². The maximum absolute atomic E-state index is 10.8. The van der Waals surface area contributed by atoms with Crippen LogP contribution in [0.15, 0.2) is 0 Å². The van der Waals surface area contributed by atoms with Gasteiger partial charge in [0.05, 0.1) is 7.11 Å². The van der Waals surface area contributed by atoms with Crippen molar-refractivity contribution in [2.45, 2.75) is 12.7 Å². The maximum atomic E-state index is 10.8. The third-order valence-electron chi connectivity index (χ3n) is 1.09. The molecule has 3 nitrogen and oxygen atoms in total. The van der Waals surface area contributed by atoms with Crippen molar-refractivity contribution in [2.24, 2.45) is 0 Å². The van der Waals surface area contributed by atoms with Gasteiger partial charge in [0.2, 0.25) is 5.91 Å². The van der Waals surface area contributed by atoms with E-state index in [0.29, 0.717) is 6.42 Å². The minimum Gasteiger partial charge on any atom is -0.275 e. The normalized spacial score (nSPS) is 9.11. The fourth-order valence-corrected chi connectivity index (χ4v) is 0.473. The minimum atomic E-state index is 0.0278. The van der Waals surface area contributed by atoms with Gasteiger partial charge in [-0.2, -0.15) is 0 Å². The molecule has 0 aromatic heterocycles. The summed E-state index contributed by atoms with van der Waals surface area (Å²) in [6.07, 6.45) is 1.43. The fraction of sp³-hybridized carbons (Fsp3) is 0.800. The summed E-state index contributed by atoms with van der Waals surface area (Å²) < 4.78 is 0. The van der Waals surface area contributed by atoms with Gasteiger partial charge in [0.25, 0.3) is 0 Å². The lowest BCUT2D eigenvalue weighted by molar-refractivity contribution is -0.168. The molecule has 0 N–H and O–H groups in total. The molecule has 0 bridgehead atoms. The van der Waals surface area contributed by atoms with Gasteiger partial charge in [-0.1, -0.05) is 6.32 Å². The van der Waals surface area contributed by atoms with Crippen molar-refractivity contribution in [3.05, 3.63) is 0 Å². The molecular weight excluding hydrogens is 117 g/mol. The second-order valence-corrected chi connectivity index (χ2v) is 1.82. The zero-order chi connectivity index (χ0) is 7.28. The van der Waals surface area contributed by atoms with Gasteiger partial charge in [0.15, 0.2) is 0 Å². The van der Waals surface area contributed by atoms with E-state index in [1.165, 1.54) is 12.2 Å². The van der Waals surface area contributed by atoms with Gasteiger partial charge in [-0.05, 0) is 0 Å². The molecule has 0 aliphatic rings. The Kier molecular flexibility index (Phi) is 4.14. The molecule has 52 valence electrons. The summed E-state index contributed by atoms with van der Waals surface area (Å²) in [6, 6.07) is 0. The number of nitrogens with zero attached hydrogens (tertiary/aromatic N) is 1. The van der Waals surface area contributed by atoms with Crippen molar-refractivity contribution in [3.63, 3.8) is 0 Å². The molecule has 0 saturated carbocycles. The third kappa shape index (κ3) is 3.14. The van der Waals surface area contributed by atoms with E-state index >= 15 is 0 Å². The van der Waals surface area contributed by atoms with Gasteiger partial charge in [-0.25, -0.2) is 5.06 Å². The first-order chi connectivity index (χ1) is 4.22. The van der Waals surface area contributed by atoms with Crippen LogP contribution in [0.1, 0.15) is 6.42 Å². The first kappa shape index (κ1) is 8.49. The second-order valence-electron chi connectivity index (χ2n) is 1.82. The molecule has 0 spiro atoms. The Morgan fingerprint density at radius 2 is 2.33 bits per heavy atom. The predicted molar refractivity (Wildman–Crippen MR) is 37.7 cm³/mol. The van der Waals surface area contributed by atoms with Crippen LogP contribution >= 0.6 is 0 Å². The summed E-state index contributed by atoms with van der Waals surface area (Å²) >= 11 is 0. The van der Waals surface area contributed by atoms with Gasteiger partial charge in [0, 0.05) is 13.5 Å². The SMILES string of the molecule is BCCC(=O)N(C)OC. The average molecular weight is 129 g/mol. The molecule has 0 aliphatic carbocycles. The van der Waals surface area contributed by atoms with Crippen molar-refractivity contribution < 1.29 is 9.63 Å². The maximum Gasteiger partial charge on any atom is 0.245 e. The van der Waals surface area contributed by atoms with E-state index in [4.69, 9.17) is 0 Å². The van der Waals surface area contributed by atoms with E-state index in [-0.39, 0.29) is 5.91 Å². The average Bonchev–Trinajstić information content (AvgIpc) is 1.87. The molecular formula is C5H12BNO2. The number of hydrogen-bond donors (Lipinski definition) is 0. The number of amides is 1. The van der Waals surface area contributed by atoms with Crippen LogP contribution in [-0.4, -0.2) is 33.0 Å². The van der Waals surface area contributed by atoms with E-state index in [1.54, 1.807) is 7.05 Å². The number of rotatable bonds is 3.